The molecular weight excluding hydrogens is 168 g/mol. The Labute approximate surface area is 78.8 Å². The molecule has 1 saturated heterocycles. The molecule has 4 nitrogen and oxygen atoms in total. The van der Waals surface area contributed by atoms with Gasteiger partial charge in [0.1, 0.15) is 0 Å². The Kier molecular flexibility index (Phi) is 4.60. The molecule has 0 atom stereocenters. The maximum atomic E-state index is 10.2. The second-order valence-corrected chi connectivity index (χ2v) is 3.50. The third kappa shape index (κ3) is 4.72. The average Bonchev–Trinajstić information content (AvgIpc) is 2.14. The summed E-state index contributed by atoms with van der Waals surface area (Å²) in [6.07, 6.45) is 3.92. The largest absolute Gasteiger partial charge is 0.450 e. The van der Waals surface area contributed by atoms with Gasteiger partial charge in [-0.3, -0.25) is 0 Å². The van der Waals surface area contributed by atoms with E-state index in [4.69, 9.17) is 5.73 Å². The van der Waals surface area contributed by atoms with E-state index in [9.17, 15) is 4.79 Å². The van der Waals surface area contributed by atoms with Crippen molar-refractivity contribution in [2.24, 2.45) is 11.7 Å². The molecule has 1 aliphatic heterocycles. The van der Waals surface area contributed by atoms with Crippen molar-refractivity contribution in [3.05, 3.63) is 0 Å². The van der Waals surface area contributed by atoms with Gasteiger partial charge in [-0.15, -0.1) is 0 Å². The van der Waals surface area contributed by atoms with Crippen molar-refractivity contribution < 1.29 is 9.53 Å². The Hall–Kier alpha value is -0.770. The Morgan fingerprint density at radius 2 is 2.15 bits per heavy atom. The Bertz CT molecular complexity index is 156. The van der Waals surface area contributed by atoms with Crippen LogP contribution in [0.1, 0.15) is 25.7 Å². The summed E-state index contributed by atoms with van der Waals surface area (Å²) < 4.78 is 4.66. The molecule has 1 rings (SSSR count). The Morgan fingerprint density at radius 1 is 1.46 bits per heavy atom. The van der Waals surface area contributed by atoms with E-state index in [1.165, 1.54) is 12.8 Å². The maximum Gasteiger partial charge on any atom is 0.404 e. The maximum absolute atomic E-state index is 10.2. The summed E-state index contributed by atoms with van der Waals surface area (Å²) in [4.78, 5) is 10.2. The van der Waals surface area contributed by atoms with Crippen LogP contribution in [0.5, 0.6) is 0 Å². The number of nitrogens with two attached hydrogens (primary N) is 1. The zero-order chi connectivity index (χ0) is 9.52. The van der Waals surface area contributed by atoms with Crippen LogP contribution < -0.4 is 11.1 Å². The SMILES string of the molecule is NC(=O)OCCCC1CCNCC1. The molecule has 0 bridgehead atoms. The lowest BCUT2D eigenvalue weighted by molar-refractivity contribution is 0.151. The minimum absolute atomic E-state index is 0.471. The molecule has 3 N–H and O–H groups in total. The molecule has 13 heavy (non-hydrogen) atoms. The second-order valence-electron chi connectivity index (χ2n) is 3.50. The quantitative estimate of drug-likeness (QED) is 0.640. The zero-order valence-corrected chi connectivity index (χ0v) is 7.92. The number of ether oxygens (including phenoxy) is 1. The van der Waals surface area contributed by atoms with Crippen molar-refractivity contribution in [3.8, 4) is 0 Å². The van der Waals surface area contributed by atoms with E-state index in [-0.39, 0.29) is 0 Å². The lowest BCUT2D eigenvalue weighted by Crippen LogP contribution is -2.27. The highest BCUT2D eigenvalue weighted by molar-refractivity contribution is 5.64. The van der Waals surface area contributed by atoms with E-state index in [2.05, 4.69) is 10.1 Å². The summed E-state index contributed by atoms with van der Waals surface area (Å²) in [5.74, 6) is 0.803. The lowest BCUT2D eigenvalue weighted by Gasteiger charge is -2.22. The van der Waals surface area contributed by atoms with Gasteiger partial charge >= 0.3 is 6.09 Å². The van der Waals surface area contributed by atoms with Crippen LogP contribution in [0.25, 0.3) is 0 Å². The van der Waals surface area contributed by atoms with Crippen molar-refractivity contribution in [2.75, 3.05) is 19.7 Å². The van der Waals surface area contributed by atoms with Gasteiger partial charge in [-0.25, -0.2) is 4.79 Å². The smallest absolute Gasteiger partial charge is 0.404 e. The predicted octanol–water partition coefficient (Wildman–Crippen LogP) is 0.861. The summed E-state index contributed by atoms with van der Waals surface area (Å²) in [5.41, 5.74) is 4.84. The molecule has 0 radical (unpaired) electrons. The molecule has 1 aliphatic rings. The topological polar surface area (TPSA) is 64.4 Å². The second kappa shape index (κ2) is 5.80. The van der Waals surface area contributed by atoms with Crippen LogP contribution in [0.2, 0.25) is 0 Å². The first-order valence-electron chi connectivity index (χ1n) is 4.92. The van der Waals surface area contributed by atoms with Gasteiger partial charge in [0.15, 0.2) is 0 Å². The number of amides is 1. The molecule has 4 heteroatoms. The van der Waals surface area contributed by atoms with Gasteiger partial charge < -0.3 is 15.8 Å². The number of hydrogen-bond donors (Lipinski definition) is 2. The van der Waals surface area contributed by atoms with Gasteiger partial charge in [-0.2, -0.15) is 0 Å². The van der Waals surface area contributed by atoms with E-state index in [1.54, 1.807) is 0 Å². The van der Waals surface area contributed by atoms with Crippen LogP contribution in [-0.2, 0) is 4.74 Å². The highest BCUT2D eigenvalue weighted by atomic mass is 16.5. The monoisotopic (exact) mass is 186 g/mol. The van der Waals surface area contributed by atoms with E-state index in [0.29, 0.717) is 6.61 Å². The fraction of sp³-hybridized carbons (Fsp3) is 0.889. The number of nitrogens with one attached hydrogen (secondary N) is 1. The highest BCUT2D eigenvalue weighted by Crippen LogP contribution is 2.17. The number of carbonyl (C=O) groups excluding carboxylic acids is 1. The third-order valence-electron chi connectivity index (χ3n) is 2.46. The van der Waals surface area contributed by atoms with Crippen molar-refractivity contribution in [2.45, 2.75) is 25.7 Å². The van der Waals surface area contributed by atoms with Gasteiger partial charge in [0, 0.05) is 0 Å². The summed E-state index contributed by atoms with van der Waals surface area (Å²) in [6.45, 7) is 2.72. The Balaban J connectivity index is 1.95. The van der Waals surface area contributed by atoms with Gasteiger partial charge in [0.25, 0.3) is 0 Å². The fourth-order valence-electron chi connectivity index (χ4n) is 1.72. The molecule has 1 amide bonds. The Morgan fingerprint density at radius 3 is 2.77 bits per heavy atom. The zero-order valence-electron chi connectivity index (χ0n) is 7.92. The summed E-state index contributed by atoms with van der Waals surface area (Å²) >= 11 is 0. The van der Waals surface area contributed by atoms with Crippen LogP contribution in [0, 0.1) is 5.92 Å². The number of hydrogen-bond acceptors (Lipinski definition) is 3. The predicted molar refractivity (Wildman–Crippen MR) is 50.4 cm³/mol. The summed E-state index contributed by atoms with van der Waals surface area (Å²) in [7, 11) is 0. The molecule has 0 saturated carbocycles. The average molecular weight is 186 g/mol. The molecule has 0 unspecified atom stereocenters. The van der Waals surface area contributed by atoms with Crippen molar-refractivity contribution in [3.63, 3.8) is 0 Å². The number of primary amides is 1. The number of piperidine rings is 1. The van der Waals surface area contributed by atoms with Gasteiger partial charge in [0.2, 0.25) is 0 Å². The molecule has 1 heterocycles. The molecule has 0 aromatic carbocycles. The van der Waals surface area contributed by atoms with Gasteiger partial charge in [-0.05, 0) is 44.7 Å². The van der Waals surface area contributed by atoms with Crippen LogP contribution in [-0.4, -0.2) is 25.8 Å². The van der Waals surface area contributed by atoms with Crippen LogP contribution in [0.15, 0.2) is 0 Å². The summed E-state index contributed by atoms with van der Waals surface area (Å²) in [5, 5.41) is 3.32. The highest BCUT2D eigenvalue weighted by Gasteiger charge is 2.12. The first-order valence-corrected chi connectivity index (χ1v) is 4.92. The lowest BCUT2D eigenvalue weighted by atomic mass is 9.93. The third-order valence-corrected chi connectivity index (χ3v) is 2.46. The summed E-state index contributed by atoms with van der Waals surface area (Å²) in [6, 6.07) is 0. The van der Waals surface area contributed by atoms with E-state index in [0.717, 1.165) is 31.8 Å². The molecule has 0 aliphatic carbocycles. The van der Waals surface area contributed by atoms with Crippen molar-refractivity contribution in [1.29, 1.82) is 0 Å². The van der Waals surface area contributed by atoms with Crippen molar-refractivity contribution >= 4 is 6.09 Å². The van der Waals surface area contributed by atoms with Crippen molar-refractivity contribution in [1.82, 2.24) is 5.32 Å². The molecule has 76 valence electrons. The van der Waals surface area contributed by atoms with Crippen LogP contribution in [0.4, 0.5) is 4.79 Å². The number of rotatable bonds is 4. The first-order chi connectivity index (χ1) is 6.29. The van der Waals surface area contributed by atoms with E-state index >= 15 is 0 Å². The standard InChI is InChI=1S/C9H18N2O2/c10-9(12)13-7-1-2-8-3-5-11-6-4-8/h8,11H,1-7H2,(H2,10,12). The molecule has 1 fully saturated rings. The first kappa shape index (κ1) is 10.3. The normalized spacial score (nSPS) is 18.5. The van der Waals surface area contributed by atoms with Crippen LogP contribution >= 0.6 is 0 Å². The fourth-order valence-corrected chi connectivity index (χ4v) is 1.72. The minimum atomic E-state index is -0.662. The minimum Gasteiger partial charge on any atom is -0.450 e. The van der Waals surface area contributed by atoms with Gasteiger partial charge in [0.05, 0.1) is 6.61 Å². The molecule has 0 spiro atoms. The van der Waals surface area contributed by atoms with Gasteiger partial charge in [-0.1, -0.05) is 0 Å². The molecular formula is C9H18N2O2. The molecule has 0 aromatic heterocycles. The molecule has 0 aromatic rings. The van der Waals surface area contributed by atoms with Crippen LogP contribution in [0.3, 0.4) is 0 Å². The number of carbonyl (C=O) groups is 1. The van der Waals surface area contributed by atoms with E-state index in [1.807, 2.05) is 0 Å². The van der Waals surface area contributed by atoms with E-state index < -0.39 is 6.09 Å².